The molecule has 4 nitrogen and oxygen atoms in total. The molecule has 0 amide bonds. The average Bonchev–Trinajstić information content (AvgIpc) is 2.90. The molecule has 0 aromatic heterocycles. The van der Waals surface area contributed by atoms with E-state index in [1.165, 1.54) is 0 Å². The van der Waals surface area contributed by atoms with Crippen LogP contribution in [0.2, 0.25) is 0 Å². The van der Waals surface area contributed by atoms with E-state index in [4.69, 9.17) is 15.2 Å². The maximum absolute atomic E-state index is 12.1. The van der Waals surface area contributed by atoms with E-state index in [0.29, 0.717) is 24.5 Å². The highest BCUT2D eigenvalue weighted by atomic mass is 16.6. The fraction of sp³-hybridized carbons (Fsp3) is 0.267. The van der Waals surface area contributed by atoms with Gasteiger partial charge in [0.05, 0.1) is 18.8 Å². The SMILES string of the molecule is Nc1cc2ccccc2cc1C(=O)OC1CCOC1. The minimum Gasteiger partial charge on any atom is -0.456 e. The summed E-state index contributed by atoms with van der Waals surface area (Å²) >= 11 is 0. The van der Waals surface area contributed by atoms with E-state index in [9.17, 15) is 4.79 Å². The van der Waals surface area contributed by atoms with Gasteiger partial charge in [0.1, 0.15) is 6.10 Å². The first-order chi connectivity index (χ1) is 9.24. The van der Waals surface area contributed by atoms with E-state index in [-0.39, 0.29) is 12.1 Å². The molecule has 0 spiro atoms. The van der Waals surface area contributed by atoms with Crippen LogP contribution < -0.4 is 5.73 Å². The topological polar surface area (TPSA) is 61.6 Å². The fourth-order valence-electron chi connectivity index (χ4n) is 2.26. The maximum Gasteiger partial charge on any atom is 0.340 e. The van der Waals surface area contributed by atoms with Crippen LogP contribution in [0.15, 0.2) is 36.4 Å². The Morgan fingerprint density at radius 2 is 2.00 bits per heavy atom. The van der Waals surface area contributed by atoms with Crippen LogP contribution in [0.4, 0.5) is 5.69 Å². The zero-order valence-corrected chi connectivity index (χ0v) is 10.5. The lowest BCUT2D eigenvalue weighted by Crippen LogP contribution is -2.19. The number of carbonyl (C=O) groups is 1. The van der Waals surface area contributed by atoms with Crippen LogP contribution in [0.3, 0.4) is 0 Å². The molecule has 1 heterocycles. The first-order valence-electron chi connectivity index (χ1n) is 6.31. The Morgan fingerprint density at radius 3 is 2.68 bits per heavy atom. The van der Waals surface area contributed by atoms with Gasteiger partial charge in [-0.3, -0.25) is 0 Å². The summed E-state index contributed by atoms with van der Waals surface area (Å²) in [7, 11) is 0. The van der Waals surface area contributed by atoms with Gasteiger partial charge in [0.25, 0.3) is 0 Å². The smallest absolute Gasteiger partial charge is 0.340 e. The Morgan fingerprint density at radius 1 is 1.26 bits per heavy atom. The van der Waals surface area contributed by atoms with Crippen molar-refractivity contribution in [2.75, 3.05) is 18.9 Å². The van der Waals surface area contributed by atoms with Gasteiger partial charge in [0, 0.05) is 12.1 Å². The first kappa shape index (κ1) is 12.0. The number of carbonyl (C=O) groups excluding carboxylic acids is 1. The summed E-state index contributed by atoms with van der Waals surface area (Å²) in [6, 6.07) is 11.4. The number of rotatable bonds is 2. The minimum atomic E-state index is -0.376. The molecule has 19 heavy (non-hydrogen) atoms. The Bertz CT molecular complexity index is 618. The normalized spacial score (nSPS) is 18.6. The van der Waals surface area contributed by atoms with Gasteiger partial charge < -0.3 is 15.2 Å². The molecule has 1 atom stereocenters. The Hall–Kier alpha value is -2.07. The third kappa shape index (κ3) is 2.39. The molecule has 2 aromatic rings. The summed E-state index contributed by atoms with van der Waals surface area (Å²) in [6.07, 6.45) is 0.595. The van der Waals surface area contributed by atoms with Gasteiger partial charge >= 0.3 is 5.97 Å². The quantitative estimate of drug-likeness (QED) is 0.662. The van der Waals surface area contributed by atoms with Crippen LogP contribution in [0.1, 0.15) is 16.8 Å². The molecule has 1 fully saturated rings. The molecular weight excluding hydrogens is 242 g/mol. The molecule has 1 aliphatic heterocycles. The summed E-state index contributed by atoms with van der Waals surface area (Å²) < 4.78 is 10.6. The molecule has 0 radical (unpaired) electrons. The molecule has 3 rings (SSSR count). The summed E-state index contributed by atoms with van der Waals surface area (Å²) in [4.78, 5) is 12.1. The van der Waals surface area contributed by atoms with Gasteiger partial charge in [0.15, 0.2) is 0 Å². The number of esters is 1. The Balaban J connectivity index is 1.90. The third-order valence-corrected chi connectivity index (χ3v) is 3.30. The van der Waals surface area contributed by atoms with E-state index in [2.05, 4.69) is 0 Å². The summed E-state index contributed by atoms with van der Waals surface area (Å²) in [5.74, 6) is -0.376. The predicted molar refractivity (Wildman–Crippen MR) is 73.0 cm³/mol. The van der Waals surface area contributed by atoms with Crippen LogP contribution >= 0.6 is 0 Å². The van der Waals surface area contributed by atoms with E-state index in [0.717, 1.165) is 17.2 Å². The molecular formula is C15H15NO3. The van der Waals surface area contributed by atoms with Crippen molar-refractivity contribution in [3.05, 3.63) is 42.0 Å². The van der Waals surface area contributed by atoms with E-state index < -0.39 is 0 Å². The van der Waals surface area contributed by atoms with E-state index >= 15 is 0 Å². The Kier molecular flexibility index (Phi) is 3.09. The highest BCUT2D eigenvalue weighted by molar-refractivity contribution is 6.01. The molecule has 0 aliphatic carbocycles. The van der Waals surface area contributed by atoms with Crippen molar-refractivity contribution in [2.24, 2.45) is 0 Å². The summed E-state index contributed by atoms with van der Waals surface area (Å²) in [6.45, 7) is 1.12. The molecule has 0 saturated carbocycles. The molecule has 4 heteroatoms. The van der Waals surface area contributed by atoms with E-state index in [1.807, 2.05) is 24.3 Å². The van der Waals surface area contributed by atoms with Crippen molar-refractivity contribution in [1.82, 2.24) is 0 Å². The number of nitrogens with two attached hydrogens (primary N) is 1. The molecule has 98 valence electrons. The highest BCUT2D eigenvalue weighted by Crippen LogP contribution is 2.23. The summed E-state index contributed by atoms with van der Waals surface area (Å²) in [5.41, 5.74) is 6.80. The number of fused-ring (bicyclic) bond motifs is 1. The molecule has 1 unspecified atom stereocenters. The van der Waals surface area contributed by atoms with Crippen molar-refractivity contribution in [2.45, 2.75) is 12.5 Å². The van der Waals surface area contributed by atoms with Gasteiger partial charge in [-0.2, -0.15) is 0 Å². The van der Waals surface area contributed by atoms with Crippen LogP contribution in [-0.2, 0) is 9.47 Å². The Labute approximate surface area is 111 Å². The number of hydrogen-bond acceptors (Lipinski definition) is 4. The molecule has 2 N–H and O–H groups in total. The van der Waals surface area contributed by atoms with Crippen molar-refractivity contribution in [3.63, 3.8) is 0 Å². The number of anilines is 1. The number of nitrogen functional groups attached to an aromatic ring is 1. The van der Waals surface area contributed by atoms with Crippen molar-refractivity contribution >= 4 is 22.4 Å². The lowest BCUT2D eigenvalue weighted by molar-refractivity contribution is 0.0272. The second-order valence-corrected chi connectivity index (χ2v) is 4.68. The lowest BCUT2D eigenvalue weighted by atomic mass is 10.1. The monoisotopic (exact) mass is 257 g/mol. The van der Waals surface area contributed by atoms with Crippen molar-refractivity contribution in [3.8, 4) is 0 Å². The van der Waals surface area contributed by atoms with Gasteiger partial charge in [-0.1, -0.05) is 24.3 Å². The number of hydrogen-bond donors (Lipinski definition) is 1. The molecule has 2 aromatic carbocycles. The van der Waals surface area contributed by atoms with E-state index in [1.54, 1.807) is 12.1 Å². The lowest BCUT2D eigenvalue weighted by Gasteiger charge is -2.12. The minimum absolute atomic E-state index is 0.154. The molecule has 0 bridgehead atoms. The third-order valence-electron chi connectivity index (χ3n) is 3.30. The predicted octanol–water partition coefficient (Wildman–Crippen LogP) is 2.37. The van der Waals surface area contributed by atoms with Crippen LogP contribution in [0.5, 0.6) is 0 Å². The van der Waals surface area contributed by atoms with Crippen LogP contribution in [0.25, 0.3) is 10.8 Å². The van der Waals surface area contributed by atoms with Gasteiger partial charge in [-0.25, -0.2) is 4.79 Å². The highest BCUT2D eigenvalue weighted by Gasteiger charge is 2.22. The second-order valence-electron chi connectivity index (χ2n) is 4.68. The number of benzene rings is 2. The van der Waals surface area contributed by atoms with Crippen molar-refractivity contribution in [1.29, 1.82) is 0 Å². The van der Waals surface area contributed by atoms with Gasteiger partial charge in [0.2, 0.25) is 0 Å². The van der Waals surface area contributed by atoms with Crippen LogP contribution in [-0.4, -0.2) is 25.3 Å². The van der Waals surface area contributed by atoms with Gasteiger partial charge in [-0.05, 0) is 22.9 Å². The largest absolute Gasteiger partial charge is 0.456 e. The molecule has 1 saturated heterocycles. The average molecular weight is 257 g/mol. The maximum atomic E-state index is 12.1. The standard InChI is InChI=1S/C15H15NO3/c16-14-8-11-4-2-1-3-10(11)7-13(14)15(17)19-12-5-6-18-9-12/h1-4,7-8,12H,5-6,9,16H2. The first-order valence-corrected chi connectivity index (χ1v) is 6.31. The zero-order chi connectivity index (χ0) is 13.2. The summed E-state index contributed by atoms with van der Waals surface area (Å²) in [5, 5.41) is 1.99. The fourth-order valence-corrected chi connectivity index (χ4v) is 2.26. The van der Waals surface area contributed by atoms with Crippen molar-refractivity contribution < 1.29 is 14.3 Å². The number of ether oxygens (including phenoxy) is 2. The van der Waals surface area contributed by atoms with Crippen LogP contribution in [0, 0.1) is 0 Å². The zero-order valence-electron chi connectivity index (χ0n) is 10.5. The molecule has 1 aliphatic rings. The second kappa shape index (κ2) is 4.90. The van der Waals surface area contributed by atoms with Gasteiger partial charge in [-0.15, -0.1) is 0 Å².